The molecule has 1 N–H and O–H groups in total. The third kappa shape index (κ3) is 3.96. The van der Waals surface area contributed by atoms with Crippen molar-refractivity contribution in [1.82, 2.24) is 9.97 Å². The van der Waals surface area contributed by atoms with Crippen molar-refractivity contribution in [2.45, 2.75) is 5.16 Å². The minimum absolute atomic E-state index is 0.365. The van der Waals surface area contributed by atoms with Gasteiger partial charge in [0.1, 0.15) is 11.6 Å². The van der Waals surface area contributed by atoms with E-state index in [4.69, 9.17) is 9.47 Å². The molecule has 6 nitrogen and oxygen atoms in total. The summed E-state index contributed by atoms with van der Waals surface area (Å²) in [6, 6.07) is 17.3. The Morgan fingerprint density at radius 3 is 2.37 bits per heavy atom. The fourth-order valence-corrected chi connectivity index (χ4v) is 2.94. The highest BCUT2D eigenvalue weighted by Crippen LogP contribution is 2.35. The van der Waals surface area contributed by atoms with E-state index >= 15 is 0 Å². The number of anilines is 2. The first-order chi connectivity index (χ1) is 13.2. The van der Waals surface area contributed by atoms with E-state index in [9.17, 15) is 5.26 Å². The zero-order valence-electron chi connectivity index (χ0n) is 15.2. The van der Waals surface area contributed by atoms with E-state index in [2.05, 4.69) is 21.4 Å². The minimum atomic E-state index is 0.365. The molecule has 0 aliphatic carbocycles. The molecular weight excluding hydrogens is 360 g/mol. The van der Waals surface area contributed by atoms with E-state index in [0.29, 0.717) is 33.7 Å². The van der Waals surface area contributed by atoms with E-state index in [1.165, 1.54) is 11.8 Å². The first-order valence-electron chi connectivity index (χ1n) is 8.10. The van der Waals surface area contributed by atoms with Crippen LogP contribution in [0.1, 0.15) is 5.56 Å². The third-order valence-electron chi connectivity index (χ3n) is 3.88. The minimum Gasteiger partial charge on any atom is -0.493 e. The Hall–Kier alpha value is -3.24. The number of rotatable bonds is 6. The largest absolute Gasteiger partial charge is 0.493 e. The van der Waals surface area contributed by atoms with Crippen LogP contribution in [0.5, 0.6) is 11.5 Å². The van der Waals surface area contributed by atoms with Gasteiger partial charge in [-0.3, -0.25) is 0 Å². The van der Waals surface area contributed by atoms with Gasteiger partial charge in [-0.2, -0.15) is 5.26 Å². The van der Waals surface area contributed by atoms with Gasteiger partial charge in [0.05, 0.1) is 19.9 Å². The second-order valence-electron chi connectivity index (χ2n) is 5.46. The number of nitrogens with one attached hydrogen (secondary N) is 1. The standard InChI is InChI=1S/C20H18N4O2S/c1-25-16-10-9-13(11-17(16)26-2)18-15(12-21)19(24-20(23-18)27-3)22-14-7-5-4-6-8-14/h4-11H,1-3H3,(H,22,23,24). The highest BCUT2D eigenvalue weighted by molar-refractivity contribution is 7.98. The lowest BCUT2D eigenvalue weighted by molar-refractivity contribution is 0.355. The molecule has 0 aliphatic rings. The molecule has 0 bridgehead atoms. The maximum Gasteiger partial charge on any atom is 0.189 e. The topological polar surface area (TPSA) is 80.1 Å². The summed E-state index contributed by atoms with van der Waals surface area (Å²) < 4.78 is 10.7. The molecule has 0 radical (unpaired) electrons. The van der Waals surface area contributed by atoms with Crippen LogP contribution in [0, 0.1) is 11.3 Å². The lowest BCUT2D eigenvalue weighted by atomic mass is 10.1. The average molecular weight is 378 g/mol. The number of hydrogen-bond acceptors (Lipinski definition) is 7. The predicted molar refractivity (Wildman–Crippen MR) is 107 cm³/mol. The number of methoxy groups -OCH3 is 2. The van der Waals surface area contributed by atoms with Crippen molar-refractivity contribution < 1.29 is 9.47 Å². The Labute approximate surface area is 162 Å². The predicted octanol–water partition coefficient (Wildman–Crippen LogP) is 4.50. The van der Waals surface area contributed by atoms with Crippen molar-refractivity contribution >= 4 is 23.3 Å². The van der Waals surface area contributed by atoms with Gasteiger partial charge in [0.25, 0.3) is 0 Å². The molecule has 0 saturated carbocycles. The molecule has 0 atom stereocenters. The summed E-state index contributed by atoms with van der Waals surface area (Å²) in [5.74, 6) is 1.65. The van der Waals surface area contributed by atoms with Gasteiger partial charge in [-0.15, -0.1) is 0 Å². The smallest absolute Gasteiger partial charge is 0.189 e. The fourth-order valence-electron chi connectivity index (χ4n) is 2.58. The molecule has 3 aromatic rings. The summed E-state index contributed by atoms with van der Waals surface area (Å²) in [4.78, 5) is 9.04. The van der Waals surface area contributed by atoms with Gasteiger partial charge in [-0.1, -0.05) is 30.0 Å². The van der Waals surface area contributed by atoms with Gasteiger partial charge in [-0.05, 0) is 36.6 Å². The molecule has 0 amide bonds. The number of nitriles is 1. The Morgan fingerprint density at radius 1 is 1.00 bits per heavy atom. The number of thioether (sulfide) groups is 1. The average Bonchev–Trinajstić information content (AvgIpc) is 2.73. The van der Waals surface area contributed by atoms with E-state index in [1.54, 1.807) is 26.4 Å². The van der Waals surface area contributed by atoms with Crippen LogP contribution in [0.15, 0.2) is 53.7 Å². The maximum atomic E-state index is 9.80. The molecular formula is C20H18N4O2S. The van der Waals surface area contributed by atoms with Crippen LogP contribution in [-0.4, -0.2) is 30.4 Å². The second-order valence-corrected chi connectivity index (χ2v) is 6.23. The van der Waals surface area contributed by atoms with Crippen LogP contribution in [0.3, 0.4) is 0 Å². The van der Waals surface area contributed by atoms with Crippen LogP contribution < -0.4 is 14.8 Å². The summed E-state index contributed by atoms with van der Waals surface area (Å²) in [5, 5.41) is 13.6. The van der Waals surface area contributed by atoms with Gasteiger partial charge in [0.2, 0.25) is 0 Å². The quantitative estimate of drug-likeness (QED) is 0.500. The van der Waals surface area contributed by atoms with Gasteiger partial charge < -0.3 is 14.8 Å². The number of para-hydroxylation sites is 1. The van der Waals surface area contributed by atoms with Gasteiger partial charge in [-0.25, -0.2) is 9.97 Å². The van der Waals surface area contributed by atoms with Crippen LogP contribution in [0.4, 0.5) is 11.5 Å². The van der Waals surface area contributed by atoms with Crippen LogP contribution in [-0.2, 0) is 0 Å². The van der Waals surface area contributed by atoms with Crippen molar-refractivity contribution in [3.05, 3.63) is 54.1 Å². The summed E-state index contributed by atoms with van der Waals surface area (Å²) in [7, 11) is 3.15. The maximum absolute atomic E-state index is 9.80. The van der Waals surface area contributed by atoms with Crippen LogP contribution in [0.2, 0.25) is 0 Å². The zero-order valence-corrected chi connectivity index (χ0v) is 16.0. The molecule has 27 heavy (non-hydrogen) atoms. The molecule has 0 spiro atoms. The molecule has 3 rings (SSSR count). The number of aromatic nitrogens is 2. The van der Waals surface area contributed by atoms with Crippen LogP contribution in [0.25, 0.3) is 11.3 Å². The third-order valence-corrected chi connectivity index (χ3v) is 4.42. The van der Waals surface area contributed by atoms with E-state index < -0.39 is 0 Å². The van der Waals surface area contributed by atoms with E-state index in [0.717, 1.165) is 11.3 Å². The van der Waals surface area contributed by atoms with E-state index in [-0.39, 0.29) is 0 Å². The van der Waals surface area contributed by atoms with Gasteiger partial charge >= 0.3 is 0 Å². The van der Waals surface area contributed by atoms with Gasteiger partial charge in [0.15, 0.2) is 22.5 Å². The number of nitrogens with zero attached hydrogens (tertiary/aromatic N) is 3. The van der Waals surface area contributed by atoms with Gasteiger partial charge in [0, 0.05) is 11.3 Å². The van der Waals surface area contributed by atoms with E-state index in [1.807, 2.05) is 42.7 Å². The first kappa shape index (κ1) is 18.5. The Balaban J connectivity index is 2.15. The van der Waals surface area contributed by atoms with Crippen molar-refractivity contribution in [3.63, 3.8) is 0 Å². The summed E-state index contributed by atoms with van der Waals surface area (Å²) >= 11 is 1.41. The highest BCUT2D eigenvalue weighted by atomic mass is 32.2. The molecule has 0 aliphatic heterocycles. The number of ether oxygens (including phenoxy) is 2. The Kier molecular flexibility index (Phi) is 5.79. The molecule has 0 fully saturated rings. The van der Waals surface area contributed by atoms with Crippen molar-refractivity contribution in [3.8, 4) is 28.8 Å². The molecule has 0 unspecified atom stereocenters. The van der Waals surface area contributed by atoms with Crippen molar-refractivity contribution in [2.24, 2.45) is 0 Å². The molecule has 7 heteroatoms. The normalized spacial score (nSPS) is 10.1. The molecule has 2 aromatic carbocycles. The Morgan fingerprint density at radius 2 is 1.74 bits per heavy atom. The summed E-state index contributed by atoms with van der Waals surface area (Å²) in [5.41, 5.74) is 2.50. The first-order valence-corrected chi connectivity index (χ1v) is 9.33. The number of hydrogen-bond donors (Lipinski definition) is 1. The van der Waals surface area contributed by atoms with Crippen molar-refractivity contribution in [2.75, 3.05) is 25.8 Å². The molecule has 136 valence electrons. The summed E-state index contributed by atoms with van der Waals surface area (Å²) in [6.07, 6.45) is 1.89. The Bertz CT molecular complexity index is 987. The molecule has 1 aromatic heterocycles. The SMILES string of the molecule is COc1ccc(-c2nc(SC)nc(Nc3ccccc3)c2C#N)cc1OC. The number of benzene rings is 2. The second kappa shape index (κ2) is 8.43. The van der Waals surface area contributed by atoms with Crippen molar-refractivity contribution in [1.29, 1.82) is 5.26 Å². The zero-order chi connectivity index (χ0) is 19.2. The monoisotopic (exact) mass is 378 g/mol. The summed E-state index contributed by atoms with van der Waals surface area (Å²) in [6.45, 7) is 0. The van der Waals surface area contributed by atoms with Crippen LogP contribution >= 0.6 is 11.8 Å². The highest BCUT2D eigenvalue weighted by Gasteiger charge is 2.18. The lowest BCUT2D eigenvalue weighted by Gasteiger charge is -2.14. The lowest BCUT2D eigenvalue weighted by Crippen LogP contribution is -2.03. The fraction of sp³-hybridized carbons (Fsp3) is 0.150. The molecule has 1 heterocycles. The molecule has 0 saturated heterocycles.